The Morgan fingerprint density at radius 3 is 2.55 bits per heavy atom. The number of benzene rings is 1. The lowest BCUT2D eigenvalue weighted by Crippen LogP contribution is -2.16. The molecule has 20 heavy (non-hydrogen) atoms. The first-order valence-corrected chi connectivity index (χ1v) is 7.49. The lowest BCUT2D eigenvalue weighted by atomic mass is 9.96. The van der Waals surface area contributed by atoms with E-state index in [-0.39, 0.29) is 5.41 Å². The molecule has 0 amide bonds. The van der Waals surface area contributed by atoms with E-state index in [0.717, 1.165) is 22.6 Å². The van der Waals surface area contributed by atoms with Crippen molar-refractivity contribution in [3.8, 4) is 11.6 Å². The summed E-state index contributed by atoms with van der Waals surface area (Å²) in [4.78, 5) is 8.90. The molecule has 2 aromatic rings. The molecule has 4 heteroatoms. The van der Waals surface area contributed by atoms with Gasteiger partial charge in [-0.25, -0.2) is 4.98 Å². The lowest BCUT2D eigenvalue weighted by molar-refractivity contribution is 0.444. The number of aromatic nitrogens is 2. The predicted molar refractivity (Wildman–Crippen MR) is 84.3 cm³/mol. The van der Waals surface area contributed by atoms with E-state index < -0.39 is 0 Å². The molecular formula is C16H19BrN2O. The number of aryl methyl sites for hydroxylation is 1. The second-order valence-corrected chi connectivity index (χ2v) is 6.52. The molecule has 0 fully saturated rings. The first-order chi connectivity index (χ1) is 9.38. The highest BCUT2D eigenvalue weighted by Gasteiger charge is 2.19. The van der Waals surface area contributed by atoms with E-state index in [1.54, 1.807) is 6.07 Å². The zero-order valence-corrected chi connectivity index (χ0v) is 13.9. The van der Waals surface area contributed by atoms with Crippen molar-refractivity contribution in [1.29, 1.82) is 0 Å². The maximum atomic E-state index is 5.86. The van der Waals surface area contributed by atoms with Crippen molar-refractivity contribution in [2.24, 2.45) is 0 Å². The summed E-state index contributed by atoms with van der Waals surface area (Å²) in [5.74, 6) is 2.12. The minimum absolute atomic E-state index is 0.118. The lowest BCUT2D eigenvalue weighted by Gasteiger charge is -2.17. The Bertz CT molecular complexity index is 606. The van der Waals surface area contributed by atoms with Crippen LogP contribution in [0.15, 0.2) is 34.9 Å². The molecule has 1 heterocycles. The van der Waals surface area contributed by atoms with Crippen molar-refractivity contribution in [2.45, 2.75) is 39.5 Å². The normalized spacial score (nSPS) is 11.4. The number of nitrogens with zero attached hydrogens (tertiary/aromatic N) is 2. The molecule has 0 saturated heterocycles. The fourth-order valence-electron chi connectivity index (χ4n) is 1.73. The Balaban J connectivity index is 2.31. The van der Waals surface area contributed by atoms with Gasteiger partial charge in [-0.15, -0.1) is 0 Å². The van der Waals surface area contributed by atoms with E-state index in [1.807, 2.05) is 18.2 Å². The molecule has 0 spiro atoms. The molecule has 106 valence electrons. The smallest absolute Gasteiger partial charge is 0.223 e. The van der Waals surface area contributed by atoms with E-state index in [4.69, 9.17) is 4.74 Å². The summed E-state index contributed by atoms with van der Waals surface area (Å²) in [5.41, 5.74) is 1.12. The Labute approximate surface area is 128 Å². The summed E-state index contributed by atoms with van der Waals surface area (Å²) >= 11 is 3.42. The van der Waals surface area contributed by atoms with Gasteiger partial charge in [-0.05, 0) is 40.0 Å². The second kappa shape index (κ2) is 5.92. The summed E-state index contributed by atoms with van der Waals surface area (Å²) in [6.07, 6.45) is 0.984. The SMILES string of the molecule is CCc1cccc(Oc2cc(Br)nc(C(C)(C)C)n2)c1. The summed E-state index contributed by atoms with van der Waals surface area (Å²) in [6, 6.07) is 9.84. The van der Waals surface area contributed by atoms with Gasteiger partial charge in [0.15, 0.2) is 0 Å². The van der Waals surface area contributed by atoms with Crippen LogP contribution in [0.1, 0.15) is 39.1 Å². The molecular weight excluding hydrogens is 316 g/mol. The van der Waals surface area contributed by atoms with Crippen LogP contribution in [0.2, 0.25) is 0 Å². The number of halogens is 1. The Hall–Kier alpha value is -1.42. The minimum atomic E-state index is -0.118. The van der Waals surface area contributed by atoms with Gasteiger partial charge < -0.3 is 4.74 Å². The molecule has 0 N–H and O–H groups in total. The zero-order chi connectivity index (χ0) is 14.8. The average molecular weight is 335 g/mol. The fraction of sp³-hybridized carbons (Fsp3) is 0.375. The summed E-state index contributed by atoms with van der Waals surface area (Å²) < 4.78 is 6.59. The number of hydrogen-bond donors (Lipinski definition) is 0. The highest BCUT2D eigenvalue weighted by Crippen LogP contribution is 2.26. The van der Waals surface area contributed by atoms with E-state index in [9.17, 15) is 0 Å². The highest BCUT2D eigenvalue weighted by molar-refractivity contribution is 9.10. The van der Waals surface area contributed by atoms with Gasteiger partial charge in [-0.2, -0.15) is 4.98 Å². The molecule has 3 nitrogen and oxygen atoms in total. The molecule has 0 radical (unpaired) electrons. The molecule has 0 saturated carbocycles. The third-order valence-electron chi connectivity index (χ3n) is 2.87. The standard InChI is InChI=1S/C16H19BrN2O/c1-5-11-7-6-8-12(9-11)20-14-10-13(17)18-15(19-14)16(2,3)4/h6-10H,5H2,1-4H3. The van der Waals surface area contributed by atoms with Gasteiger partial charge >= 0.3 is 0 Å². The van der Waals surface area contributed by atoms with E-state index in [1.165, 1.54) is 5.56 Å². The quantitative estimate of drug-likeness (QED) is 0.749. The second-order valence-electron chi connectivity index (χ2n) is 5.71. The van der Waals surface area contributed by atoms with E-state index in [0.29, 0.717) is 5.88 Å². The van der Waals surface area contributed by atoms with Crippen LogP contribution in [0.25, 0.3) is 0 Å². The molecule has 0 aliphatic rings. The van der Waals surface area contributed by atoms with Crippen LogP contribution >= 0.6 is 15.9 Å². The van der Waals surface area contributed by atoms with Crippen LogP contribution in [0.5, 0.6) is 11.6 Å². The van der Waals surface area contributed by atoms with Crippen molar-refractivity contribution >= 4 is 15.9 Å². The highest BCUT2D eigenvalue weighted by atomic mass is 79.9. The van der Waals surface area contributed by atoms with Gasteiger partial charge in [0.25, 0.3) is 0 Å². The predicted octanol–water partition coefficient (Wildman–Crippen LogP) is 4.89. The van der Waals surface area contributed by atoms with E-state index in [2.05, 4.69) is 59.7 Å². The molecule has 0 atom stereocenters. The molecule has 0 unspecified atom stereocenters. The topological polar surface area (TPSA) is 35.0 Å². The number of rotatable bonds is 3. The minimum Gasteiger partial charge on any atom is -0.439 e. The van der Waals surface area contributed by atoms with E-state index >= 15 is 0 Å². The Kier molecular flexibility index (Phi) is 4.43. The average Bonchev–Trinajstić information content (AvgIpc) is 2.37. The van der Waals surface area contributed by atoms with Gasteiger partial charge in [-0.3, -0.25) is 0 Å². The summed E-state index contributed by atoms with van der Waals surface area (Å²) in [5, 5.41) is 0. The summed E-state index contributed by atoms with van der Waals surface area (Å²) in [7, 11) is 0. The molecule has 2 rings (SSSR count). The molecule has 1 aromatic heterocycles. The largest absolute Gasteiger partial charge is 0.439 e. The Morgan fingerprint density at radius 2 is 1.90 bits per heavy atom. The maximum absolute atomic E-state index is 5.86. The fourth-order valence-corrected chi connectivity index (χ4v) is 2.10. The first kappa shape index (κ1) is 15.0. The van der Waals surface area contributed by atoms with Crippen LogP contribution in [-0.4, -0.2) is 9.97 Å². The Morgan fingerprint density at radius 1 is 1.15 bits per heavy atom. The van der Waals surface area contributed by atoms with Gasteiger partial charge in [0.1, 0.15) is 16.2 Å². The third kappa shape index (κ3) is 3.79. The van der Waals surface area contributed by atoms with Gasteiger partial charge in [0.05, 0.1) is 0 Å². The van der Waals surface area contributed by atoms with Crippen molar-refractivity contribution in [3.63, 3.8) is 0 Å². The zero-order valence-electron chi connectivity index (χ0n) is 12.3. The molecule has 0 aliphatic heterocycles. The van der Waals surface area contributed by atoms with Crippen LogP contribution in [0.3, 0.4) is 0 Å². The maximum Gasteiger partial charge on any atom is 0.223 e. The van der Waals surface area contributed by atoms with Crippen LogP contribution in [0, 0.1) is 0 Å². The van der Waals surface area contributed by atoms with Gasteiger partial charge in [-0.1, -0.05) is 39.8 Å². The first-order valence-electron chi connectivity index (χ1n) is 6.70. The monoisotopic (exact) mass is 334 g/mol. The molecule has 0 bridgehead atoms. The van der Waals surface area contributed by atoms with Crippen molar-refractivity contribution in [2.75, 3.05) is 0 Å². The van der Waals surface area contributed by atoms with Crippen molar-refractivity contribution in [1.82, 2.24) is 9.97 Å². The van der Waals surface area contributed by atoms with Crippen molar-refractivity contribution < 1.29 is 4.74 Å². The third-order valence-corrected chi connectivity index (χ3v) is 3.28. The van der Waals surface area contributed by atoms with Crippen LogP contribution in [0.4, 0.5) is 0 Å². The van der Waals surface area contributed by atoms with Crippen LogP contribution < -0.4 is 4.74 Å². The van der Waals surface area contributed by atoms with Gasteiger partial charge in [0.2, 0.25) is 5.88 Å². The van der Waals surface area contributed by atoms with Gasteiger partial charge in [0, 0.05) is 11.5 Å². The number of hydrogen-bond acceptors (Lipinski definition) is 3. The van der Waals surface area contributed by atoms with Crippen LogP contribution in [-0.2, 0) is 11.8 Å². The van der Waals surface area contributed by atoms with Crippen molar-refractivity contribution in [3.05, 3.63) is 46.3 Å². The number of ether oxygens (including phenoxy) is 1. The molecule has 1 aromatic carbocycles. The summed E-state index contributed by atoms with van der Waals surface area (Å²) in [6.45, 7) is 8.36. The molecule has 0 aliphatic carbocycles.